The molecule has 1 fully saturated rings. The third-order valence-electron chi connectivity index (χ3n) is 5.90. The van der Waals surface area contributed by atoms with Crippen LogP contribution in [0.25, 0.3) is 10.9 Å². The number of fused-ring (bicyclic) bond motifs is 1. The van der Waals surface area contributed by atoms with Crippen molar-refractivity contribution in [1.82, 2.24) is 14.8 Å². The van der Waals surface area contributed by atoms with Crippen LogP contribution >= 0.6 is 0 Å². The van der Waals surface area contributed by atoms with Gasteiger partial charge in [0.2, 0.25) is 0 Å². The lowest BCUT2D eigenvalue weighted by molar-refractivity contribution is 0.180. The van der Waals surface area contributed by atoms with E-state index in [0.717, 1.165) is 39.0 Å². The van der Waals surface area contributed by atoms with E-state index in [4.69, 9.17) is 0 Å². The number of hydrogen-bond acceptors (Lipinski definition) is 3. The Bertz CT molecular complexity index is 980. The molecule has 4 heteroatoms. The van der Waals surface area contributed by atoms with Crippen LogP contribution in [0.4, 0.5) is 0 Å². The van der Waals surface area contributed by atoms with Crippen molar-refractivity contribution in [3.05, 3.63) is 84.2 Å². The van der Waals surface area contributed by atoms with Crippen molar-refractivity contribution < 1.29 is 0 Å². The van der Waals surface area contributed by atoms with Crippen molar-refractivity contribution in [2.75, 3.05) is 32.7 Å². The fourth-order valence-corrected chi connectivity index (χ4v) is 4.16. The van der Waals surface area contributed by atoms with Crippen LogP contribution in [0.5, 0.6) is 0 Å². The Labute approximate surface area is 221 Å². The fourth-order valence-electron chi connectivity index (χ4n) is 4.16. The van der Waals surface area contributed by atoms with Crippen molar-refractivity contribution in [2.45, 2.75) is 67.7 Å². The van der Waals surface area contributed by atoms with E-state index in [2.05, 4.69) is 75.4 Å². The molecular formula is C32H50N4. The van der Waals surface area contributed by atoms with Crippen molar-refractivity contribution in [1.29, 1.82) is 0 Å². The molecule has 0 spiro atoms. The molecule has 5 rings (SSSR count). The number of aryl methyl sites for hydroxylation is 2. The molecule has 3 aromatic rings. The molecule has 1 aromatic heterocycles. The molecule has 0 bridgehead atoms. The SMILES string of the molecule is C1=CN=C(N2CCN(CCCc3c[nH]c4ccccc34)CC2)C1.CC.CC.CC.Cc1ccccc1. The van der Waals surface area contributed by atoms with E-state index in [1.54, 1.807) is 0 Å². The maximum atomic E-state index is 4.45. The van der Waals surface area contributed by atoms with Gasteiger partial charge in [0.15, 0.2) is 0 Å². The summed E-state index contributed by atoms with van der Waals surface area (Å²) in [5, 5.41) is 1.38. The second-order valence-corrected chi connectivity index (χ2v) is 8.08. The number of aromatic nitrogens is 1. The molecule has 0 atom stereocenters. The number of nitrogens with zero attached hydrogens (tertiary/aromatic N) is 3. The van der Waals surface area contributed by atoms with E-state index in [9.17, 15) is 0 Å². The van der Waals surface area contributed by atoms with Gasteiger partial charge in [-0.15, -0.1) is 0 Å². The van der Waals surface area contributed by atoms with Gasteiger partial charge in [-0.2, -0.15) is 0 Å². The zero-order valence-corrected chi connectivity index (χ0v) is 23.9. The minimum atomic E-state index is 1.01. The number of nitrogens with one attached hydrogen (secondary N) is 1. The highest BCUT2D eigenvalue weighted by atomic mass is 15.3. The fraction of sp³-hybridized carbons (Fsp3) is 0.469. The topological polar surface area (TPSA) is 34.6 Å². The highest BCUT2D eigenvalue weighted by molar-refractivity contribution is 5.86. The molecule has 36 heavy (non-hydrogen) atoms. The average Bonchev–Trinajstić information content (AvgIpc) is 3.64. The molecule has 3 heterocycles. The van der Waals surface area contributed by atoms with Gasteiger partial charge in [0.05, 0.1) is 0 Å². The molecule has 0 radical (unpaired) electrons. The molecule has 4 nitrogen and oxygen atoms in total. The largest absolute Gasteiger partial charge is 0.361 e. The highest BCUT2D eigenvalue weighted by Crippen LogP contribution is 2.19. The summed E-state index contributed by atoms with van der Waals surface area (Å²) in [6.45, 7) is 19.8. The third-order valence-corrected chi connectivity index (χ3v) is 5.90. The lowest BCUT2D eigenvalue weighted by Crippen LogP contribution is -2.48. The predicted octanol–water partition coefficient (Wildman–Crippen LogP) is 8.11. The minimum Gasteiger partial charge on any atom is -0.361 e. The summed E-state index contributed by atoms with van der Waals surface area (Å²) in [6.07, 6.45) is 9.64. The van der Waals surface area contributed by atoms with Crippen LogP contribution in [-0.2, 0) is 6.42 Å². The normalized spacial score (nSPS) is 14.2. The van der Waals surface area contributed by atoms with Crippen LogP contribution in [0.3, 0.4) is 0 Å². The van der Waals surface area contributed by atoms with Gasteiger partial charge in [-0.3, -0.25) is 4.90 Å². The Hall–Kier alpha value is -2.85. The summed E-state index contributed by atoms with van der Waals surface area (Å²) in [5.41, 5.74) is 4.02. The van der Waals surface area contributed by atoms with E-state index >= 15 is 0 Å². The van der Waals surface area contributed by atoms with Gasteiger partial charge >= 0.3 is 0 Å². The van der Waals surface area contributed by atoms with E-state index < -0.39 is 0 Å². The molecule has 0 amide bonds. The number of para-hydroxylation sites is 1. The summed E-state index contributed by atoms with van der Waals surface area (Å²) in [6, 6.07) is 18.8. The van der Waals surface area contributed by atoms with Crippen molar-refractivity contribution in [3.8, 4) is 0 Å². The molecule has 0 unspecified atom stereocenters. The number of aromatic amines is 1. The Morgan fingerprint density at radius 1 is 0.806 bits per heavy atom. The second-order valence-electron chi connectivity index (χ2n) is 8.08. The lowest BCUT2D eigenvalue weighted by atomic mass is 10.1. The molecule has 2 aromatic carbocycles. The second kappa shape index (κ2) is 19.4. The first-order valence-electron chi connectivity index (χ1n) is 14.1. The number of piperazine rings is 1. The number of H-pyrrole nitrogens is 1. The summed E-state index contributed by atoms with van der Waals surface area (Å²) < 4.78 is 0. The average molecular weight is 491 g/mol. The smallest absolute Gasteiger partial charge is 0.108 e. The van der Waals surface area contributed by atoms with Crippen LogP contribution in [0.2, 0.25) is 0 Å². The molecule has 0 aliphatic carbocycles. The van der Waals surface area contributed by atoms with Crippen molar-refractivity contribution in [3.63, 3.8) is 0 Å². The van der Waals surface area contributed by atoms with Gasteiger partial charge in [0, 0.05) is 55.9 Å². The van der Waals surface area contributed by atoms with Gasteiger partial charge in [0.1, 0.15) is 5.84 Å². The molecule has 198 valence electrons. The van der Waals surface area contributed by atoms with E-state index in [0.29, 0.717) is 0 Å². The zero-order valence-electron chi connectivity index (χ0n) is 23.9. The van der Waals surface area contributed by atoms with Crippen molar-refractivity contribution >= 4 is 16.7 Å². The van der Waals surface area contributed by atoms with Crippen LogP contribution < -0.4 is 0 Å². The molecular weight excluding hydrogens is 440 g/mol. The van der Waals surface area contributed by atoms with E-state index in [-0.39, 0.29) is 0 Å². The van der Waals surface area contributed by atoms with Crippen molar-refractivity contribution in [2.24, 2.45) is 4.99 Å². The van der Waals surface area contributed by atoms with Gasteiger partial charge in [0.25, 0.3) is 0 Å². The minimum absolute atomic E-state index is 1.01. The van der Waals surface area contributed by atoms with Gasteiger partial charge in [-0.1, -0.05) is 102 Å². The number of aliphatic imine (C=N–C) groups is 1. The first-order chi connectivity index (χ1) is 17.8. The monoisotopic (exact) mass is 490 g/mol. The maximum absolute atomic E-state index is 4.45. The van der Waals surface area contributed by atoms with Crippen LogP contribution in [-0.4, -0.2) is 53.3 Å². The standard InChI is InChI=1S/C19H24N4.C7H8.3C2H6/c1-2-7-18-17(6-1)16(15-21-18)5-4-10-22-11-13-23(14-12-22)19-8-3-9-20-19;1-7-5-3-2-4-6-7;3*1-2/h1-3,6-7,9,15,21H,4-5,8,10-14H2;2-6H,1H3;3*1-2H3. The van der Waals surface area contributed by atoms with E-state index in [1.165, 1.54) is 40.8 Å². The van der Waals surface area contributed by atoms with Crippen LogP contribution in [0.15, 0.2) is 78.1 Å². The van der Waals surface area contributed by atoms with Gasteiger partial charge < -0.3 is 9.88 Å². The zero-order chi connectivity index (χ0) is 26.6. The number of amidine groups is 1. The predicted molar refractivity (Wildman–Crippen MR) is 161 cm³/mol. The quantitative estimate of drug-likeness (QED) is 0.401. The maximum Gasteiger partial charge on any atom is 0.108 e. The Morgan fingerprint density at radius 2 is 1.44 bits per heavy atom. The number of hydrogen-bond donors (Lipinski definition) is 1. The molecule has 0 saturated carbocycles. The number of benzene rings is 2. The molecule has 2 aliphatic heterocycles. The first kappa shape index (κ1) is 31.2. The van der Waals surface area contributed by atoms with Gasteiger partial charge in [-0.05, 0) is 37.9 Å². The summed E-state index contributed by atoms with van der Waals surface area (Å²) in [4.78, 5) is 12.9. The summed E-state index contributed by atoms with van der Waals surface area (Å²) in [7, 11) is 0. The number of rotatable bonds is 4. The van der Waals surface area contributed by atoms with Crippen LogP contribution in [0, 0.1) is 6.92 Å². The highest BCUT2D eigenvalue weighted by Gasteiger charge is 2.19. The summed E-state index contributed by atoms with van der Waals surface area (Å²) >= 11 is 0. The van der Waals surface area contributed by atoms with Gasteiger partial charge in [-0.25, -0.2) is 4.99 Å². The first-order valence-corrected chi connectivity index (χ1v) is 14.1. The Morgan fingerprint density at radius 3 is 2.03 bits per heavy atom. The Balaban J connectivity index is 0.000000419. The molecule has 2 aliphatic rings. The van der Waals surface area contributed by atoms with E-state index in [1.807, 2.05) is 65.9 Å². The molecule has 1 N–H and O–H groups in total. The Kier molecular flexibility index (Phi) is 16.8. The van der Waals surface area contributed by atoms with Crippen LogP contribution in [0.1, 0.15) is 65.5 Å². The molecule has 1 saturated heterocycles. The third kappa shape index (κ3) is 10.4. The summed E-state index contributed by atoms with van der Waals surface area (Å²) in [5.74, 6) is 1.25. The lowest BCUT2D eigenvalue weighted by Gasteiger charge is -2.35.